The van der Waals surface area contributed by atoms with E-state index < -0.39 is 12.6 Å². The molecule has 1 aromatic rings. The summed E-state index contributed by atoms with van der Waals surface area (Å²) in [5.74, 6) is -0.373. The Hall–Kier alpha value is -1.89. The van der Waals surface area contributed by atoms with E-state index in [1.165, 1.54) is 6.07 Å². The van der Waals surface area contributed by atoms with Crippen molar-refractivity contribution in [1.29, 1.82) is 0 Å². The third-order valence-corrected chi connectivity index (χ3v) is 2.19. The van der Waals surface area contributed by atoms with Crippen molar-refractivity contribution >= 4 is 11.7 Å². The van der Waals surface area contributed by atoms with Gasteiger partial charge in [0, 0.05) is 6.54 Å². The molecule has 0 aliphatic heterocycles. The molecule has 0 spiro atoms. The smallest absolute Gasteiger partial charge is 0.387 e. The molecule has 1 rings (SSSR count). The molecule has 1 aromatic carbocycles. The molecule has 0 atom stereocenters. The van der Waals surface area contributed by atoms with Gasteiger partial charge in [-0.3, -0.25) is 0 Å². The third kappa shape index (κ3) is 6.33. The topological polar surface area (TPSA) is 56.8 Å². The summed E-state index contributed by atoms with van der Waals surface area (Å²) >= 11 is 0. The van der Waals surface area contributed by atoms with Crippen LogP contribution in [-0.2, 0) is 14.3 Å². The van der Waals surface area contributed by atoms with Crippen LogP contribution in [0.2, 0.25) is 0 Å². The van der Waals surface area contributed by atoms with Crippen LogP contribution in [-0.4, -0.2) is 38.9 Å². The molecule has 0 unspecified atom stereocenters. The van der Waals surface area contributed by atoms with Gasteiger partial charge in [0.2, 0.25) is 0 Å². The van der Waals surface area contributed by atoms with Gasteiger partial charge < -0.3 is 19.5 Å². The van der Waals surface area contributed by atoms with E-state index in [0.29, 0.717) is 18.8 Å². The maximum Gasteiger partial charge on any atom is 0.387 e. The minimum Gasteiger partial charge on any atom is -0.464 e. The maximum absolute atomic E-state index is 12.2. The quantitative estimate of drug-likeness (QED) is 0.558. The van der Waals surface area contributed by atoms with Crippen molar-refractivity contribution < 1.29 is 27.8 Å². The van der Waals surface area contributed by atoms with Crippen LogP contribution in [0.25, 0.3) is 0 Å². The minimum absolute atomic E-state index is 0.0629. The third-order valence-electron chi connectivity index (χ3n) is 2.19. The Kier molecular flexibility index (Phi) is 7.34. The first kappa shape index (κ1) is 16.2. The van der Waals surface area contributed by atoms with Gasteiger partial charge >= 0.3 is 12.6 Å². The number of esters is 1. The molecule has 0 aliphatic rings. The number of para-hydroxylation sites is 2. The van der Waals surface area contributed by atoms with Crippen LogP contribution >= 0.6 is 0 Å². The van der Waals surface area contributed by atoms with Gasteiger partial charge in [0.05, 0.1) is 18.9 Å². The van der Waals surface area contributed by atoms with E-state index in [9.17, 15) is 13.6 Å². The number of hydrogen-bond acceptors (Lipinski definition) is 5. The number of alkyl halides is 2. The van der Waals surface area contributed by atoms with E-state index in [2.05, 4.69) is 14.8 Å². The van der Waals surface area contributed by atoms with E-state index in [4.69, 9.17) is 4.74 Å². The molecule has 0 radical (unpaired) electrons. The number of anilines is 1. The van der Waals surface area contributed by atoms with E-state index in [0.717, 1.165) is 0 Å². The number of hydrogen-bond donors (Lipinski definition) is 1. The summed E-state index contributed by atoms with van der Waals surface area (Å²) in [6.45, 7) is -0.411. The molecule has 0 saturated heterocycles. The maximum atomic E-state index is 12.2. The van der Waals surface area contributed by atoms with Gasteiger partial charge in [0.15, 0.2) is 0 Å². The summed E-state index contributed by atoms with van der Waals surface area (Å²) < 4.78 is 38.5. The first-order valence-corrected chi connectivity index (χ1v) is 6.14. The zero-order valence-electron chi connectivity index (χ0n) is 11.1. The van der Waals surface area contributed by atoms with Crippen LogP contribution in [0.4, 0.5) is 14.5 Å². The Labute approximate surface area is 115 Å². The van der Waals surface area contributed by atoms with Crippen LogP contribution in [0.5, 0.6) is 5.75 Å². The van der Waals surface area contributed by atoms with Gasteiger partial charge in [0.25, 0.3) is 0 Å². The fourth-order valence-corrected chi connectivity index (χ4v) is 1.43. The fraction of sp³-hybridized carbons (Fsp3) is 0.462. The molecule has 0 heterocycles. The highest BCUT2D eigenvalue weighted by Crippen LogP contribution is 2.24. The minimum atomic E-state index is -2.88. The number of carbonyl (C=O) groups is 1. The van der Waals surface area contributed by atoms with Gasteiger partial charge in [-0.2, -0.15) is 8.78 Å². The molecule has 5 nitrogen and oxygen atoms in total. The molecule has 1 N–H and O–H groups in total. The van der Waals surface area contributed by atoms with Crippen molar-refractivity contribution in [2.24, 2.45) is 0 Å². The largest absolute Gasteiger partial charge is 0.464 e. The van der Waals surface area contributed by atoms with Gasteiger partial charge in [-0.25, -0.2) is 4.79 Å². The summed E-state index contributed by atoms with van der Waals surface area (Å²) in [6, 6.07) is 6.34. The number of halogens is 2. The first-order valence-electron chi connectivity index (χ1n) is 6.14. The highest BCUT2D eigenvalue weighted by molar-refractivity contribution is 5.70. The van der Waals surface area contributed by atoms with E-state index in [1.54, 1.807) is 25.1 Å². The Morgan fingerprint density at radius 1 is 1.35 bits per heavy atom. The van der Waals surface area contributed by atoms with E-state index in [-0.39, 0.29) is 19.0 Å². The summed E-state index contributed by atoms with van der Waals surface area (Å²) in [4.78, 5) is 11.0. The van der Waals surface area contributed by atoms with Gasteiger partial charge in [-0.15, -0.1) is 0 Å². The molecule has 0 aliphatic carbocycles. The Balaban J connectivity index is 2.29. The standard InChI is InChI=1S/C13H17F2NO4/c1-2-19-12(17)9-18-8-7-16-10-5-3-4-6-11(10)20-13(14)15/h3-6,13,16H,2,7-9H2,1H3. The predicted molar refractivity (Wildman–Crippen MR) is 69.0 cm³/mol. The summed E-state index contributed by atoms with van der Waals surface area (Å²) in [7, 11) is 0. The van der Waals surface area contributed by atoms with Gasteiger partial charge in [0.1, 0.15) is 12.4 Å². The van der Waals surface area contributed by atoms with Crippen molar-refractivity contribution in [1.82, 2.24) is 0 Å². The predicted octanol–water partition coefficient (Wildman–Crippen LogP) is 2.28. The molecule has 0 amide bonds. The number of nitrogens with one attached hydrogen (secondary N) is 1. The van der Waals surface area contributed by atoms with Gasteiger partial charge in [-0.05, 0) is 19.1 Å². The first-order chi connectivity index (χ1) is 9.63. The molecular weight excluding hydrogens is 272 g/mol. The lowest BCUT2D eigenvalue weighted by Crippen LogP contribution is -2.17. The van der Waals surface area contributed by atoms with Crippen molar-refractivity contribution in [3.63, 3.8) is 0 Å². The Bertz CT molecular complexity index is 415. The van der Waals surface area contributed by atoms with Gasteiger partial charge in [-0.1, -0.05) is 12.1 Å². The van der Waals surface area contributed by atoms with Crippen molar-refractivity contribution in [2.45, 2.75) is 13.5 Å². The second-order valence-corrected chi connectivity index (χ2v) is 3.66. The monoisotopic (exact) mass is 289 g/mol. The SMILES string of the molecule is CCOC(=O)COCCNc1ccccc1OC(F)F. The summed E-state index contributed by atoms with van der Waals surface area (Å²) in [6.07, 6.45) is 0. The number of benzene rings is 1. The average molecular weight is 289 g/mol. The Morgan fingerprint density at radius 3 is 2.80 bits per heavy atom. The van der Waals surface area contributed by atoms with Crippen molar-refractivity contribution in [3.8, 4) is 5.75 Å². The number of rotatable bonds is 9. The normalized spacial score (nSPS) is 10.4. The molecule has 0 saturated carbocycles. The van der Waals surface area contributed by atoms with Crippen molar-refractivity contribution in [2.75, 3.05) is 31.7 Å². The van der Waals surface area contributed by atoms with Crippen LogP contribution < -0.4 is 10.1 Å². The average Bonchev–Trinajstić information content (AvgIpc) is 2.40. The number of carbonyl (C=O) groups excluding carboxylic acids is 1. The lowest BCUT2D eigenvalue weighted by Gasteiger charge is -2.12. The van der Waals surface area contributed by atoms with Crippen LogP contribution in [0.3, 0.4) is 0 Å². The molecule has 20 heavy (non-hydrogen) atoms. The highest BCUT2D eigenvalue weighted by atomic mass is 19.3. The molecule has 0 bridgehead atoms. The lowest BCUT2D eigenvalue weighted by molar-refractivity contribution is -0.148. The van der Waals surface area contributed by atoms with E-state index >= 15 is 0 Å². The second-order valence-electron chi connectivity index (χ2n) is 3.66. The lowest BCUT2D eigenvalue weighted by atomic mass is 10.3. The van der Waals surface area contributed by atoms with Crippen LogP contribution in [0.1, 0.15) is 6.92 Å². The molecule has 0 fully saturated rings. The molecular formula is C13H17F2NO4. The second kappa shape index (κ2) is 9.08. The summed E-state index contributed by atoms with van der Waals surface area (Å²) in [5, 5.41) is 2.89. The zero-order chi connectivity index (χ0) is 14.8. The number of ether oxygens (including phenoxy) is 3. The molecule has 112 valence electrons. The fourth-order valence-electron chi connectivity index (χ4n) is 1.43. The van der Waals surface area contributed by atoms with Crippen molar-refractivity contribution in [3.05, 3.63) is 24.3 Å². The Morgan fingerprint density at radius 2 is 2.10 bits per heavy atom. The highest BCUT2D eigenvalue weighted by Gasteiger charge is 2.08. The molecule has 7 heteroatoms. The van der Waals surface area contributed by atoms with E-state index in [1.807, 2.05) is 0 Å². The van der Waals surface area contributed by atoms with Crippen LogP contribution in [0, 0.1) is 0 Å². The van der Waals surface area contributed by atoms with Crippen LogP contribution in [0.15, 0.2) is 24.3 Å². The molecule has 0 aromatic heterocycles. The zero-order valence-corrected chi connectivity index (χ0v) is 11.1. The summed E-state index contributed by atoms with van der Waals surface area (Å²) in [5.41, 5.74) is 0.438.